The molecule has 0 radical (unpaired) electrons. The van der Waals surface area contributed by atoms with E-state index in [2.05, 4.69) is 26.6 Å². The SMILES string of the molecule is CC(C)(C)OC(=O)Nc1cc(NC(=O)c2cc(Cl)ccc2Br)ccc1F. The number of carbonyl (C=O) groups is 2. The van der Waals surface area contributed by atoms with E-state index in [-0.39, 0.29) is 5.69 Å². The Morgan fingerprint density at radius 1 is 1.12 bits per heavy atom. The van der Waals surface area contributed by atoms with E-state index in [1.807, 2.05) is 0 Å². The van der Waals surface area contributed by atoms with Crippen molar-refractivity contribution < 1.29 is 18.7 Å². The van der Waals surface area contributed by atoms with Gasteiger partial charge in [0, 0.05) is 15.2 Å². The number of nitrogens with one attached hydrogen (secondary N) is 2. The Morgan fingerprint density at radius 2 is 1.81 bits per heavy atom. The molecule has 2 rings (SSSR count). The van der Waals surface area contributed by atoms with Crippen LogP contribution in [0.1, 0.15) is 31.1 Å². The molecule has 0 saturated carbocycles. The van der Waals surface area contributed by atoms with Gasteiger partial charge in [0.15, 0.2) is 0 Å². The van der Waals surface area contributed by atoms with Crippen molar-refractivity contribution in [1.29, 1.82) is 0 Å². The normalized spacial score (nSPS) is 11.0. The molecule has 0 unspecified atom stereocenters. The van der Waals surface area contributed by atoms with Crippen molar-refractivity contribution in [2.24, 2.45) is 0 Å². The van der Waals surface area contributed by atoms with E-state index >= 15 is 0 Å². The minimum Gasteiger partial charge on any atom is -0.444 e. The van der Waals surface area contributed by atoms with Crippen LogP contribution in [-0.4, -0.2) is 17.6 Å². The number of benzene rings is 2. The molecule has 0 aliphatic carbocycles. The number of rotatable bonds is 3. The molecule has 2 aromatic carbocycles. The van der Waals surface area contributed by atoms with Gasteiger partial charge in [-0.3, -0.25) is 10.1 Å². The maximum absolute atomic E-state index is 13.9. The summed E-state index contributed by atoms with van der Waals surface area (Å²) in [6.07, 6.45) is -0.794. The van der Waals surface area contributed by atoms with Crippen molar-refractivity contribution in [3.63, 3.8) is 0 Å². The number of halogens is 3. The average Bonchev–Trinajstić information content (AvgIpc) is 2.51. The quantitative estimate of drug-likeness (QED) is 0.626. The second-order valence-electron chi connectivity index (χ2n) is 6.40. The summed E-state index contributed by atoms with van der Waals surface area (Å²) < 4.78 is 19.6. The summed E-state index contributed by atoms with van der Waals surface area (Å²) in [5.41, 5.74) is -0.203. The third-order valence-electron chi connectivity index (χ3n) is 3.03. The van der Waals surface area contributed by atoms with Crippen LogP contribution < -0.4 is 10.6 Å². The van der Waals surface area contributed by atoms with E-state index in [9.17, 15) is 14.0 Å². The predicted molar refractivity (Wildman–Crippen MR) is 103 cm³/mol. The molecule has 5 nitrogen and oxygen atoms in total. The minimum atomic E-state index is -0.794. The molecule has 138 valence electrons. The van der Waals surface area contributed by atoms with Crippen LogP contribution in [-0.2, 0) is 4.74 Å². The first kappa shape index (κ1) is 20.2. The monoisotopic (exact) mass is 442 g/mol. The fourth-order valence-electron chi connectivity index (χ4n) is 1.98. The summed E-state index contributed by atoms with van der Waals surface area (Å²) in [6.45, 7) is 5.09. The van der Waals surface area contributed by atoms with Crippen LogP contribution in [0.25, 0.3) is 0 Å². The van der Waals surface area contributed by atoms with Gasteiger partial charge in [0.25, 0.3) is 5.91 Å². The molecule has 0 bridgehead atoms. The topological polar surface area (TPSA) is 67.4 Å². The van der Waals surface area contributed by atoms with E-state index in [0.29, 0.717) is 20.7 Å². The number of anilines is 2. The molecular formula is C18H17BrClFN2O3. The Kier molecular flexibility index (Phi) is 6.26. The lowest BCUT2D eigenvalue weighted by Gasteiger charge is -2.20. The number of hydrogen-bond donors (Lipinski definition) is 2. The average molecular weight is 444 g/mol. The standard InChI is InChI=1S/C18H17BrClFN2O3/c1-18(2,3)26-17(25)23-15-9-11(5-7-14(15)21)22-16(24)12-8-10(20)4-6-13(12)19/h4-9H,1-3H3,(H,22,24)(H,23,25). The van der Waals surface area contributed by atoms with Gasteiger partial charge in [0.05, 0.1) is 11.3 Å². The molecule has 2 aromatic rings. The van der Waals surface area contributed by atoms with Gasteiger partial charge in [-0.25, -0.2) is 9.18 Å². The van der Waals surface area contributed by atoms with E-state index in [0.717, 1.165) is 6.07 Å². The molecule has 8 heteroatoms. The number of ether oxygens (including phenoxy) is 1. The number of amides is 2. The van der Waals surface area contributed by atoms with Crippen LogP contribution in [0.3, 0.4) is 0 Å². The van der Waals surface area contributed by atoms with E-state index in [4.69, 9.17) is 16.3 Å². The molecule has 0 heterocycles. The predicted octanol–water partition coefficient (Wildman–Crippen LogP) is 5.84. The van der Waals surface area contributed by atoms with Gasteiger partial charge in [-0.15, -0.1) is 0 Å². The minimum absolute atomic E-state index is 0.109. The molecular weight excluding hydrogens is 427 g/mol. The second kappa shape index (κ2) is 8.05. The molecule has 0 saturated heterocycles. The van der Waals surface area contributed by atoms with Crippen LogP contribution in [0, 0.1) is 5.82 Å². The number of hydrogen-bond acceptors (Lipinski definition) is 3. The lowest BCUT2D eigenvalue weighted by Crippen LogP contribution is -2.27. The fourth-order valence-corrected chi connectivity index (χ4v) is 2.58. The highest BCUT2D eigenvalue weighted by Crippen LogP contribution is 2.24. The van der Waals surface area contributed by atoms with Crippen molar-refractivity contribution in [2.75, 3.05) is 10.6 Å². The third-order valence-corrected chi connectivity index (χ3v) is 3.96. The largest absolute Gasteiger partial charge is 0.444 e. The molecule has 0 aromatic heterocycles. The summed E-state index contributed by atoms with van der Waals surface area (Å²) >= 11 is 9.19. The van der Waals surface area contributed by atoms with Crippen molar-refractivity contribution in [2.45, 2.75) is 26.4 Å². The van der Waals surface area contributed by atoms with Gasteiger partial charge in [-0.2, -0.15) is 0 Å². The smallest absolute Gasteiger partial charge is 0.412 e. The van der Waals surface area contributed by atoms with Crippen LogP contribution in [0.2, 0.25) is 5.02 Å². The highest BCUT2D eigenvalue weighted by Gasteiger charge is 2.18. The highest BCUT2D eigenvalue weighted by molar-refractivity contribution is 9.10. The van der Waals surface area contributed by atoms with E-state index in [1.165, 1.54) is 18.2 Å². The summed E-state index contributed by atoms with van der Waals surface area (Å²) in [5, 5.41) is 5.36. The lowest BCUT2D eigenvalue weighted by atomic mass is 10.2. The van der Waals surface area contributed by atoms with E-state index < -0.39 is 23.4 Å². The third kappa shape index (κ3) is 5.71. The van der Waals surface area contributed by atoms with Crippen molar-refractivity contribution in [3.05, 3.63) is 57.3 Å². The first-order valence-electron chi connectivity index (χ1n) is 7.61. The zero-order valence-electron chi connectivity index (χ0n) is 14.3. The molecule has 0 aliphatic heterocycles. The molecule has 0 atom stereocenters. The van der Waals surface area contributed by atoms with Crippen LogP contribution in [0.15, 0.2) is 40.9 Å². The highest BCUT2D eigenvalue weighted by atomic mass is 79.9. The molecule has 0 spiro atoms. The summed E-state index contributed by atoms with van der Waals surface area (Å²) in [4.78, 5) is 24.2. The molecule has 26 heavy (non-hydrogen) atoms. The van der Waals surface area contributed by atoms with Gasteiger partial charge < -0.3 is 10.1 Å². The maximum Gasteiger partial charge on any atom is 0.412 e. The Bertz CT molecular complexity index is 853. The summed E-state index contributed by atoms with van der Waals surface area (Å²) in [7, 11) is 0. The molecule has 2 N–H and O–H groups in total. The molecule has 0 aliphatic rings. The van der Waals surface area contributed by atoms with Crippen LogP contribution in [0.4, 0.5) is 20.6 Å². The Morgan fingerprint density at radius 3 is 2.46 bits per heavy atom. The Labute approximate surface area is 164 Å². The molecule has 2 amide bonds. The summed E-state index contributed by atoms with van der Waals surface area (Å²) in [5.74, 6) is -1.09. The van der Waals surface area contributed by atoms with Gasteiger partial charge in [0.1, 0.15) is 11.4 Å². The Hall–Kier alpha value is -2.12. The van der Waals surface area contributed by atoms with Gasteiger partial charge in [-0.1, -0.05) is 11.6 Å². The van der Waals surface area contributed by atoms with Crippen LogP contribution >= 0.6 is 27.5 Å². The second-order valence-corrected chi connectivity index (χ2v) is 7.69. The van der Waals surface area contributed by atoms with E-state index in [1.54, 1.807) is 32.9 Å². The first-order valence-corrected chi connectivity index (χ1v) is 8.78. The van der Waals surface area contributed by atoms with Crippen LogP contribution in [0.5, 0.6) is 0 Å². The maximum atomic E-state index is 13.9. The van der Waals surface area contributed by atoms with Gasteiger partial charge in [0.2, 0.25) is 0 Å². The van der Waals surface area contributed by atoms with Gasteiger partial charge >= 0.3 is 6.09 Å². The Balaban J connectivity index is 2.17. The lowest BCUT2D eigenvalue weighted by molar-refractivity contribution is 0.0635. The molecule has 0 fully saturated rings. The van der Waals surface area contributed by atoms with Crippen molar-refractivity contribution >= 4 is 50.9 Å². The zero-order chi connectivity index (χ0) is 19.5. The fraction of sp³-hybridized carbons (Fsp3) is 0.222. The summed E-state index contributed by atoms with van der Waals surface area (Å²) in [6, 6.07) is 8.61. The number of carbonyl (C=O) groups excluding carboxylic acids is 2. The van der Waals surface area contributed by atoms with Crippen molar-refractivity contribution in [1.82, 2.24) is 0 Å². The van der Waals surface area contributed by atoms with Gasteiger partial charge in [-0.05, 0) is 73.1 Å². The van der Waals surface area contributed by atoms with Crippen molar-refractivity contribution in [3.8, 4) is 0 Å². The first-order chi connectivity index (χ1) is 12.0. The zero-order valence-corrected chi connectivity index (χ0v) is 16.7.